The molecular formula is C22H16F2N4OS. The molecule has 0 unspecified atom stereocenters. The van der Waals surface area contributed by atoms with Gasteiger partial charge in [-0.25, -0.2) is 13.8 Å². The van der Waals surface area contributed by atoms with Crippen molar-refractivity contribution in [1.82, 2.24) is 9.97 Å². The van der Waals surface area contributed by atoms with Gasteiger partial charge in [-0.1, -0.05) is 18.7 Å². The number of fused-ring (bicyclic) bond motifs is 1. The summed E-state index contributed by atoms with van der Waals surface area (Å²) in [6.45, 7) is 3.63. The van der Waals surface area contributed by atoms with Crippen LogP contribution in [0.1, 0.15) is 15.9 Å². The highest BCUT2D eigenvalue weighted by atomic mass is 32.2. The molecule has 0 saturated carbocycles. The number of rotatable bonds is 6. The lowest BCUT2D eigenvalue weighted by Gasteiger charge is -2.07. The van der Waals surface area contributed by atoms with Crippen LogP contribution in [0.5, 0.6) is 0 Å². The quantitative estimate of drug-likeness (QED) is 0.216. The maximum atomic E-state index is 14.3. The lowest BCUT2D eigenvalue weighted by Crippen LogP contribution is -2.09. The van der Waals surface area contributed by atoms with Crippen molar-refractivity contribution in [1.29, 1.82) is 0 Å². The van der Waals surface area contributed by atoms with Gasteiger partial charge in [-0.3, -0.25) is 4.79 Å². The van der Waals surface area contributed by atoms with E-state index in [0.717, 1.165) is 28.9 Å². The van der Waals surface area contributed by atoms with Crippen LogP contribution in [0, 0.1) is 11.6 Å². The Balaban J connectivity index is 1.74. The van der Waals surface area contributed by atoms with Crippen LogP contribution in [-0.2, 0) is 0 Å². The van der Waals surface area contributed by atoms with E-state index in [-0.39, 0.29) is 11.3 Å². The minimum absolute atomic E-state index is 0.114. The number of carbonyl (C=O) groups is 1. The molecule has 5 nitrogen and oxygen atoms in total. The molecule has 0 amide bonds. The Morgan fingerprint density at radius 3 is 2.67 bits per heavy atom. The molecule has 0 aliphatic rings. The Labute approximate surface area is 175 Å². The molecule has 4 aromatic rings. The predicted molar refractivity (Wildman–Crippen MR) is 117 cm³/mol. The zero-order chi connectivity index (χ0) is 21.3. The zero-order valence-corrected chi connectivity index (χ0v) is 16.4. The van der Waals surface area contributed by atoms with E-state index in [1.807, 2.05) is 24.3 Å². The fourth-order valence-corrected chi connectivity index (χ4v) is 3.46. The zero-order valence-electron chi connectivity index (χ0n) is 15.6. The van der Waals surface area contributed by atoms with Crippen LogP contribution in [0.2, 0.25) is 0 Å². The summed E-state index contributed by atoms with van der Waals surface area (Å²) in [4.78, 5) is 20.1. The van der Waals surface area contributed by atoms with E-state index in [9.17, 15) is 13.6 Å². The molecule has 0 saturated heterocycles. The Morgan fingerprint density at radius 2 is 1.93 bits per heavy atom. The third-order valence-corrected chi connectivity index (χ3v) is 5.12. The van der Waals surface area contributed by atoms with Gasteiger partial charge in [0.25, 0.3) is 0 Å². The van der Waals surface area contributed by atoms with Crippen LogP contribution in [0.25, 0.3) is 22.2 Å². The second-order valence-corrected chi connectivity index (χ2v) is 7.21. The van der Waals surface area contributed by atoms with Crippen LogP contribution in [0.15, 0.2) is 66.8 Å². The van der Waals surface area contributed by atoms with E-state index in [4.69, 9.17) is 5.73 Å². The monoisotopic (exact) mass is 422 g/mol. The molecule has 0 aliphatic carbocycles. The van der Waals surface area contributed by atoms with Crippen LogP contribution < -0.4 is 10.5 Å². The summed E-state index contributed by atoms with van der Waals surface area (Å²) in [6, 6.07) is 11.4. The van der Waals surface area contributed by atoms with Crippen molar-refractivity contribution in [3.8, 4) is 11.1 Å². The SMILES string of the molecule is C=CSNc1ccc(-c2cnc3[nH]cc(C(=O)c4c(F)ccc(N)c4F)c3c2)cc1. The number of aromatic amines is 1. The number of nitrogens with one attached hydrogen (secondary N) is 2. The molecule has 4 N–H and O–H groups in total. The highest BCUT2D eigenvalue weighted by Crippen LogP contribution is 2.29. The molecule has 2 heterocycles. The van der Waals surface area contributed by atoms with Gasteiger partial charge in [-0.15, -0.1) is 0 Å². The first-order valence-corrected chi connectivity index (χ1v) is 9.76. The van der Waals surface area contributed by atoms with E-state index >= 15 is 0 Å². The first-order chi connectivity index (χ1) is 14.5. The van der Waals surface area contributed by atoms with Crippen LogP contribution in [0.4, 0.5) is 20.2 Å². The predicted octanol–water partition coefficient (Wildman–Crippen LogP) is 5.52. The van der Waals surface area contributed by atoms with Gasteiger partial charge in [-0.05, 0) is 53.3 Å². The van der Waals surface area contributed by atoms with Crippen LogP contribution in [-0.4, -0.2) is 15.8 Å². The number of halogens is 2. The molecule has 0 fully saturated rings. The molecule has 0 bridgehead atoms. The van der Waals surface area contributed by atoms with Crippen molar-refractivity contribution in [3.05, 3.63) is 89.6 Å². The van der Waals surface area contributed by atoms with Gasteiger partial charge in [0, 0.05) is 34.6 Å². The summed E-state index contributed by atoms with van der Waals surface area (Å²) >= 11 is 1.36. The van der Waals surface area contributed by atoms with Crippen molar-refractivity contribution in [3.63, 3.8) is 0 Å². The number of carbonyl (C=O) groups excluding carboxylic acids is 1. The largest absolute Gasteiger partial charge is 0.396 e. The standard InChI is InChI=1S/C22H16F2N4OS/c1-2-30-28-14-5-3-12(4-6-14)13-9-15-16(11-27-22(15)26-10-13)21(29)19-17(23)7-8-18(25)20(19)24/h2-11,28H,1,25H2,(H,26,27). The lowest BCUT2D eigenvalue weighted by atomic mass is 10.00. The highest BCUT2D eigenvalue weighted by Gasteiger charge is 2.23. The third kappa shape index (κ3) is 3.53. The number of H-pyrrole nitrogens is 1. The Kier molecular flexibility index (Phi) is 5.24. The number of hydrogen-bond donors (Lipinski definition) is 3. The number of hydrogen-bond acceptors (Lipinski definition) is 5. The van der Waals surface area contributed by atoms with E-state index in [1.165, 1.54) is 18.1 Å². The Bertz CT molecular complexity index is 1270. The fraction of sp³-hybridized carbons (Fsp3) is 0. The second kappa shape index (κ2) is 8.00. The molecule has 4 rings (SSSR count). The second-order valence-electron chi connectivity index (χ2n) is 6.44. The molecule has 2 aromatic carbocycles. The normalized spacial score (nSPS) is 10.9. The van der Waals surface area contributed by atoms with Crippen molar-refractivity contribution in [2.45, 2.75) is 0 Å². The Morgan fingerprint density at radius 1 is 1.17 bits per heavy atom. The summed E-state index contributed by atoms with van der Waals surface area (Å²) in [6.07, 6.45) is 3.06. The maximum Gasteiger partial charge on any atom is 0.201 e. The summed E-state index contributed by atoms with van der Waals surface area (Å²) in [5.74, 6) is -2.84. The van der Waals surface area contributed by atoms with Gasteiger partial charge in [0.15, 0.2) is 5.82 Å². The number of anilines is 2. The summed E-state index contributed by atoms with van der Waals surface area (Å²) in [7, 11) is 0. The van der Waals surface area contributed by atoms with Gasteiger partial charge in [0.1, 0.15) is 11.5 Å². The van der Waals surface area contributed by atoms with E-state index < -0.39 is 23.0 Å². The third-order valence-electron chi connectivity index (χ3n) is 4.60. The number of pyridine rings is 1. The number of aromatic nitrogens is 2. The number of nitrogens with two attached hydrogens (primary N) is 1. The minimum atomic E-state index is -1.07. The van der Waals surface area contributed by atoms with Crippen molar-refractivity contribution in [2.75, 3.05) is 10.5 Å². The first kappa shape index (κ1) is 19.7. The summed E-state index contributed by atoms with van der Waals surface area (Å²) in [5, 5.41) is 2.14. The topological polar surface area (TPSA) is 83.8 Å². The molecule has 2 aromatic heterocycles. The van der Waals surface area contributed by atoms with Crippen molar-refractivity contribution in [2.24, 2.45) is 0 Å². The van der Waals surface area contributed by atoms with Gasteiger partial charge in [0.2, 0.25) is 5.78 Å². The molecule has 0 radical (unpaired) electrons. The smallest absolute Gasteiger partial charge is 0.201 e. The average Bonchev–Trinajstić information content (AvgIpc) is 3.18. The number of ketones is 1. The minimum Gasteiger partial charge on any atom is -0.396 e. The van der Waals surface area contributed by atoms with E-state index in [1.54, 1.807) is 17.7 Å². The first-order valence-electron chi connectivity index (χ1n) is 8.88. The van der Waals surface area contributed by atoms with Gasteiger partial charge < -0.3 is 15.4 Å². The molecule has 150 valence electrons. The van der Waals surface area contributed by atoms with Gasteiger partial charge >= 0.3 is 0 Å². The molecular weight excluding hydrogens is 406 g/mol. The summed E-state index contributed by atoms with van der Waals surface area (Å²) in [5.41, 5.74) is 7.62. The van der Waals surface area contributed by atoms with Crippen LogP contribution in [0.3, 0.4) is 0 Å². The molecule has 0 atom stereocenters. The van der Waals surface area contributed by atoms with Crippen molar-refractivity contribution >= 4 is 40.1 Å². The lowest BCUT2D eigenvalue weighted by molar-refractivity contribution is 0.103. The Hall–Kier alpha value is -3.65. The van der Waals surface area contributed by atoms with Gasteiger partial charge in [-0.2, -0.15) is 0 Å². The van der Waals surface area contributed by atoms with Gasteiger partial charge in [0.05, 0.1) is 11.3 Å². The van der Waals surface area contributed by atoms with Crippen molar-refractivity contribution < 1.29 is 13.6 Å². The summed E-state index contributed by atoms with van der Waals surface area (Å²) < 4.78 is 31.6. The van der Waals surface area contributed by atoms with E-state index in [2.05, 4.69) is 21.3 Å². The average molecular weight is 422 g/mol. The number of nitrogen functional groups attached to an aromatic ring is 1. The maximum absolute atomic E-state index is 14.3. The molecule has 0 aliphatic heterocycles. The number of nitrogens with zero attached hydrogens (tertiary/aromatic N) is 1. The van der Waals surface area contributed by atoms with E-state index in [0.29, 0.717) is 11.0 Å². The fourth-order valence-electron chi connectivity index (χ4n) is 3.10. The van der Waals surface area contributed by atoms with Crippen LogP contribution >= 0.6 is 11.9 Å². The molecule has 0 spiro atoms. The molecule has 30 heavy (non-hydrogen) atoms. The highest BCUT2D eigenvalue weighted by molar-refractivity contribution is 8.03. The molecule has 8 heteroatoms. The number of benzene rings is 2.